The predicted octanol–water partition coefficient (Wildman–Crippen LogP) is 7.37. The SMILES string of the molecule is Cc1cc(S[C@H](c2ccc(C(=O)NCc3nn[nH]n3)s2)C(C)(C)C)cc(C)c1-c1ccc(C(F)(F)F)cc1. The normalized spacial score (nSPS) is 12.9. The molecule has 2 heterocycles. The molecule has 0 fully saturated rings. The first kappa shape index (κ1) is 27.8. The summed E-state index contributed by atoms with van der Waals surface area (Å²) in [7, 11) is 0. The first-order valence-corrected chi connectivity index (χ1v) is 13.6. The molecule has 1 atom stereocenters. The maximum absolute atomic E-state index is 13.0. The zero-order valence-electron chi connectivity index (χ0n) is 21.6. The molecule has 0 aliphatic carbocycles. The summed E-state index contributed by atoms with van der Waals surface area (Å²) in [5.74, 6) is 0.208. The van der Waals surface area contributed by atoms with Crippen LogP contribution in [0.2, 0.25) is 0 Å². The summed E-state index contributed by atoms with van der Waals surface area (Å²) in [6.45, 7) is 10.6. The second-order valence-corrected chi connectivity index (χ2v) is 12.4. The number of aromatic nitrogens is 4. The summed E-state index contributed by atoms with van der Waals surface area (Å²) in [5, 5.41) is 16.4. The lowest BCUT2D eigenvalue weighted by atomic mass is 9.91. The van der Waals surface area contributed by atoms with Crippen molar-refractivity contribution in [3.63, 3.8) is 0 Å². The average molecular weight is 560 g/mol. The Balaban J connectivity index is 1.55. The minimum absolute atomic E-state index is 0.0713. The van der Waals surface area contributed by atoms with Gasteiger partial charge >= 0.3 is 6.18 Å². The number of hydrogen-bond acceptors (Lipinski definition) is 6. The van der Waals surface area contributed by atoms with E-state index in [0.29, 0.717) is 10.7 Å². The summed E-state index contributed by atoms with van der Waals surface area (Å²) in [6.07, 6.45) is -4.36. The maximum atomic E-state index is 13.0. The van der Waals surface area contributed by atoms with Gasteiger partial charge in [-0.15, -0.1) is 33.3 Å². The van der Waals surface area contributed by atoms with Gasteiger partial charge in [0, 0.05) is 15.0 Å². The Kier molecular flexibility index (Phi) is 7.98. The van der Waals surface area contributed by atoms with Crippen LogP contribution in [0.5, 0.6) is 0 Å². The monoisotopic (exact) mass is 559 g/mol. The number of nitrogens with zero attached hydrogens (tertiary/aromatic N) is 3. The molecule has 6 nitrogen and oxygen atoms in total. The van der Waals surface area contributed by atoms with Crippen LogP contribution in [0.1, 0.15) is 63.1 Å². The number of thioether (sulfide) groups is 1. The summed E-state index contributed by atoms with van der Waals surface area (Å²) < 4.78 is 39.0. The fraction of sp³-hybridized carbons (Fsp3) is 0.333. The lowest BCUT2D eigenvalue weighted by molar-refractivity contribution is -0.137. The number of H-pyrrole nitrogens is 1. The van der Waals surface area contributed by atoms with Gasteiger partial charge in [0.1, 0.15) is 0 Å². The van der Waals surface area contributed by atoms with E-state index in [-0.39, 0.29) is 23.1 Å². The van der Waals surface area contributed by atoms with Crippen LogP contribution < -0.4 is 5.32 Å². The number of carbonyl (C=O) groups is 1. The number of hydrogen-bond donors (Lipinski definition) is 2. The Bertz CT molecular complexity index is 1380. The molecule has 0 aliphatic rings. The quantitative estimate of drug-likeness (QED) is 0.231. The van der Waals surface area contributed by atoms with Crippen molar-refractivity contribution < 1.29 is 18.0 Å². The second-order valence-electron chi connectivity index (χ2n) is 10.1. The molecule has 2 aromatic heterocycles. The van der Waals surface area contributed by atoms with Crippen LogP contribution in [0, 0.1) is 19.3 Å². The Morgan fingerprint density at radius 1 is 1.05 bits per heavy atom. The highest BCUT2D eigenvalue weighted by molar-refractivity contribution is 7.99. The Morgan fingerprint density at radius 2 is 1.71 bits per heavy atom. The highest BCUT2D eigenvalue weighted by Crippen LogP contribution is 2.50. The molecule has 0 spiro atoms. The van der Waals surface area contributed by atoms with E-state index in [1.54, 1.807) is 11.8 Å². The summed E-state index contributed by atoms with van der Waals surface area (Å²) in [6, 6.07) is 13.3. The van der Waals surface area contributed by atoms with Crippen molar-refractivity contribution in [3.05, 3.63) is 80.8 Å². The molecule has 2 aromatic carbocycles. The van der Waals surface area contributed by atoms with Crippen LogP contribution in [0.15, 0.2) is 53.4 Å². The standard InChI is InChI=1S/C27H28F3N5OS2/c1-15-12-19(13-16(2)23(15)17-6-8-18(9-7-17)27(28,29)30)37-24(26(3,4)5)20-10-11-21(38-20)25(36)31-14-22-32-34-35-33-22/h6-13,24H,14H2,1-5H3,(H,31,36)(H,32,33,34,35)/t24-/m1/s1. The number of rotatable bonds is 7. The number of alkyl halides is 3. The number of tetrazole rings is 1. The van der Waals surface area contributed by atoms with Crippen molar-refractivity contribution in [1.29, 1.82) is 0 Å². The molecule has 0 saturated carbocycles. The second kappa shape index (κ2) is 10.9. The molecular formula is C27H28F3N5OS2. The third-order valence-electron chi connectivity index (χ3n) is 5.95. The van der Waals surface area contributed by atoms with Crippen molar-refractivity contribution in [1.82, 2.24) is 25.9 Å². The lowest BCUT2D eigenvalue weighted by Crippen LogP contribution is -2.22. The molecule has 4 aromatic rings. The molecule has 4 rings (SSSR count). The summed E-state index contributed by atoms with van der Waals surface area (Å²) in [5.41, 5.74) is 2.91. The lowest BCUT2D eigenvalue weighted by Gasteiger charge is -2.30. The molecule has 11 heteroatoms. The molecule has 0 unspecified atom stereocenters. The van der Waals surface area contributed by atoms with Crippen LogP contribution in [-0.2, 0) is 12.7 Å². The summed E-state index contributed by atoms with van der Waals surface area (Å²) >= 11 is 3.18. The van der Waals surface area contributed by atoms with E-state index in [1.165, 1.54) is 23.5 Å². The van der Waals surface area contributed by atoms with Crippen molar-refractivity contribution in [3.8, 4) is 11.1 Å². The number of amides is 1. The van der Waals surface area contributed by atoms with Crippen LogP contribution in [0.4, 0.5) is 13.2 Å². The van der Waals surface area contributed by atoms with E-state index in [2.05, 4.69) is 58.8 Å². The first-order valence-electron chi connectivity index (χ1n) is 11.9. The maximum Gasteiger partial charge on any atom is 0.416 e. The highest BCUT2D eigenvalue weighted by atomic mass is 32.2. The minimum atomic E-state index is -4.36. The zero-order valence-corrected chi connectivity index (χ0v) is 23.2. The van der Waals surface area contributed by atoms with E-state index in [0.717, 1.165) is 44.2 Å². The van der Waals surface area contributed by atoms with Gasteiger partial charge in [-0.2, -0.15) is 18.4 Å². The van der Waals surface area contributed by atoms with Crippen molar-refractivity contribution in [2.45, 2.75) is 57.5 Å². The number of aryl methyl sites for hydroxylation is 2. The number of halogens is 3. The van der Waals surface area contributed by atoms with E-state index < -0.39 is 11.7 Å². The topological polar surface area (TPSA) is 83.6 Å². The van der Waals surface area contributed by atoms with Crippen molar-refractivity contribution in [2.24, 2.45) is 5.41 Å². The van der Waals surface area contributed by atoms with Gasteiger partial charge in [0.25, 0.3) is 5.91 Å². The number of thiophene rings is 1. The van der Waals surface area contributed by atoms with Crippen LogP contribution in [0.25, 0.3) is 11.1 Å². The zero-order chi connectivity index (χ0) is 27.7. The largest absolute Gasteiger partial charge is 0.416 e. The van der Waals surface area contributed by atoms with Crippen molar-refractivity contribution >= 4 is 29.0 Å². The predicted molar refractivity (Wildman–Crippen MR) is 144 cm³/mol. The Morgan fingerprint density at radius 3 is 2.26 bits per heavy atom. The van der Waals surface area contributed by atoms with Gasteiger partial charge in [-0.1, -0.05) is 38.1 Å². The number of aromatic amines is 1. The minimum Gasteiger partial charge on any atom is -0.344 e. The Labute approximate surface area is 227 Å². The van der Waals surface area contributed by atoms with Gasteiger partial charge < -0.3 is 5.32 Å². The number of nitrogens with one attached hydrogen (secondary N) is 2. The highest BCUT2D eigenvalue weighted by Gasteiger charge is 2.31. The first-order chi connectivity index (χ1) is 17.8. The van der Waals surface area contributed by atoms with E-state index in [1.807, 2.05) is 26.0 Å². The van der Waals surface area contributed by atoms with E-state index in [9.17, 15) is 18.0 Å². The third-order valence-corrected chi connectivity index (χ3v) is 8.96. The van der Waals surface area contributed by atoms with E-state index >= 15 is 0 Å². The van der Waals surface area contributed by atoms with Crippen LogP contribution in [0.3, 0.4) is 0 Å². The van der Waals surface area contributed by atoms with Gasteiger partial charge in [-0.05, 0) is 77.9 Å². The number of benzene rings is 2. The average Bonchev–Trinajstić information content (AvgIpc) is 3.52. The molecule has 38 heavy (non-hydrogen) atoms. The molecule has 0 aliphatic heterocycles. The van der Waals surface area contributed by atoms with Crippen LogP contribution >= 0.6 is 23.1 Å². The van der Waals surface area contributed by atoms with Gasteiger partial charge in [-0.25, -0.2) is 0 Å². The molecule has 0 saturated heterocycles. The summed E-state index contributed by atoms with van der Waals surface area (Å²) in [4.78, 5) is 15.4. The molecule has 200 valence electrons. The molecule has 2 N–H and O–H groups in total. The molecule has 0 bridgehead atoms. The van der Waals surface area contributed by atoms with Gasteiger partial charge in [0.15, 0.2) is 5.82 Å². The molecular weight excluding hydrogens is 531 g/mol. The van der Waals surface area contributed by atoms with Crippen LogP contribution in [-0.4, -0.2) is 26.5 Å². The smallest absolute Gasteiger partial charge is 0.344 e. The fourth-order valence-electron chi connectivity index (χ4n) is 4.19. The third kappa shape index (κ3) is 6.44. The van der Waals surface area contributed by atoms with E-state index in [4.69, 9.17) is 0 Å². The van der Waals surface area contributed by atoms with Crippen molar-refractivity contribution in [2.75, 3.05) is 0 Å². The fourth-order valence-corrected chi connectivity index (χ4v) is 6.94. The number of carbonyl (C=O) groups excluding carboxylic acids is 1. The van der Waals surface area contributed by atoms with Gasteiger partial charge in [0.05, 0.1) is 17.0 Å². The molecule has 1 amide bonds. The van der Waals surface area contributed by atoms with Gasteiger partial charge in [0.2, 0.25) is 0 Å². The molecule has 0 radical (unpaired) electrons. The van der Waals surface area contributed by atoms with Gasteiger partial charge in [-0.3, -0.25) is 4.79 Å². The Hall–Kier alpha value is -3.18.